The number of carbonyl (C=O) groups excluding carboxylic acids is 1. The Morgan fingerprint density at radius 2 is 1.74 bits per heavy atom. The fourth-order valence-corrected chi connectivity index (χ4v) is 3.20. The van der Waals surface area contributed by atoms with E-state index in [1.165, 1.54) is 5.69 Å². The lowest BCUT2D eigenvalue weighted by Gasteiger charge is -2.20. The number of nitrogens with zero attached hydrogens (tertiary/aromatic N) is 1. The molecule has 0 spiro atoms. The summed E-state index contributed by atoms with van der Waals surface area (Å²) >= 11 is 0. The molecule has 0 fully saturated rings. The van der Waals surface area contributed by atoms with Crippen molar-refractivity contribution in [3.8, 4) is 0 Å². The molecule has 2 aromatic carbocycles. The molecule has 118 valence electrons. The van der Waals surface area contributed by atoms with Crippen LogP contribution in [-0.4, -0.2) is 18.9 Å². The predicted octanol–water partition coefficient (Wildman–Crippen LogP) is 4.66. The number of hydrogen-bond acceptors (Lipinski definition) is 2. The predicted molar refractivity (Wildman–Crippen MR) is 97.2 cm³/mol. The highest BCUT2D eigenvalue weighted by molar-refractivity contribution is 6.15. The third-order valence-corrected chi connectivity index (χ3v) is 4.55. The fraction of sp³-hybridized carbons (Fsp3) is 0.286. The van der Waals surface area contributed by atoms with Gasteiger partial charge in [0.1, 0.15) is 0 Å². The van der Waals surface area contributed by atoms with E-state index in [0.717, 1.165) is 47.3 Å². The lowest BCUT2D eigenvalue weighted by Crippen LogP contribution is -2.21. The summed E-state index contributed by atoms with van der Waals surface area (Å²) in [6.07, 6.45) is 2.77. The number of ketones is 1. The Kier molecular flexibility index (Phi) is 4.33. The van der Waals surface area contributed by atoms with Gasteiger partial charge in [-0.05, 0) is 56.2 Å². The summed E-state index contributed by atoms with van der Waals surface area (Å²) in [6.45, 7) is 8.36. The van der Waals surface area contributed by atoms with E-state index in [9.17, 15) is 4.79 Å². The molecule has 0 saturated heterocycles. The highest BCUT2D eigenvalue weighted by atomic mass is 16.1. The summed E-state index contributed by atoms with van der Waals surface area (Å²) < 4.78 is 0. The summed E-state index contributed by atoms with van der Waals surface area (Å²) in [5, 5.41) is 0. The van der Waals surface area contributed by atoms with Crippen LogP contribution in [0.1, 0.15) is 40.9 Å². The number of rotatable bonds is 4. The molecule has 23 heavy (non-hydrogen) atoms. The van der Waals surface area contributed by atoms with Crippen LogP contribution in [0.2, 0.25) is 0 Å². The first-order chi connectivity index (χ1) is 11.1. The van der Waals surface area contributed by atoms with E-state index in [1.807, 2.05) is 19.1 Å². The molecule has 0 saturated carbocycles. The van der Waals surface area contributed by atoms with E-state index in [0.29, 0.717) is 0 Å². The smallest absolute Gasteiger partial charge is 0.189 e. The summed E-state index contributed by atoms with van der Waals surface area (Å²) in [6, 6.07) is 14.6. The average Bonchev–Trinajstić information content (AvgIpc) is 2.86. The van der Waals surface area contributed by atoms with Crippen molar-refractivity contribution in [1.29, 1.82) is 0 Å². The van der Waals surface area contributed by atoms with Gasteiger partial charge in [0.2, 0.25) is 0 Å². The van der Waals surface area contributed by atoms with E-state index >= 15 is 0 Å². The topological polar surface area (TPSA) is 20.3 Å². The minimum Gasteiger partial charge on any atom is -0.372 e. The van der Waals surface area contributed by atoms with E-state index in [1.54, 1.807) is 0 Å². The Bertz CT molecular complexity index is 752. The highest BCUT2D eigenvalue weighted by Crippen LogP contribution is 2.29. The number of aryl methyl sites for hydroxylation is 1. The SMILES string of the molecule is CCN(CC)c1ccc(/C=C2/Cc3ccc(C)cc3C2=O)cc1. The minimum atomic E-state index is 0.177. The maximum Gasteiger partial charge on any atom is 0.189 e. The molecule has 1 aliphatic rings. The van der Waals surface area contributed by atoms with Crippen LogP contribution in [0.15, 0.2) is 48.0 Å². The average molecular weight is 305 g/mol. The quantitative estimate of drug-likeness (QED) is 0.765. The molecule has 1 aliphatic carbocycles. The van der Waals surface area contributed by atoms with Crippen molar-refractivity contribution in [1.82, 2.24) is 0 Å². The van der Waals surface area contributed by atoms with Crippen molar-refractivity contribution in [2.75, 3.05) is 18.0 Å². The van der Waals surface area contributed by atoms with Gasteiger partial charge >= 0.3 is 0 Å². The van der Waals surface area contributed by atoms with Crippen LogP contribution < -0.4 is 4.90 Å². The van der Waals surface area contributed by atoms with Gasteiger partial charge in [-0.25, -0.2) is 0 Å². The Morgan fingerprint density at radius 1 is 1.04 bits per heavy atom. The van der Waals surface area contributed by atoms with Crippen molar-refractivity contribution < 1.29 is 4.79 Å². The summed E-state index contributed by atoms with van der Waals surface area (Å²) in [5.74, 6) is 0.177. The second-order valence-corrected chi connectivity index (χ2v) is 6.10. The normalized spacial score (nSPS) is 15.1. The second kappa shape index (κ2) is 6.41. The molecule has 0 bridgehead atoms. The lowest BCUT2D eigenvalue weighted by atomic mass is 10.1. The van der Waals surface area contributed by atoms with E-state index in [2.05, 4.69) is 55.1 Å². The van der Waals surface area contributed by atoms with Crippen molar-refractivity contribution in [2.24, 2.45) is 0 Å². The van der Waals surface area contributed by atoms with Crippen molar-refractivity contribution in [2.45, 2.75) is 27.2 Å². The Morgan fingerprint density at radius 3 is 2.39 bits per heavy atom. The molecular weight excluding hydrogens is 282 g/mol. The van der Waals surface area contributed by atoms with Crippen LogP contribution in [0.4, 0.5) is 5.69 Å². The summed E-state index contributed by atoms with van der Waals surface area (Å²) in [4.78, 5) is 14.9. The number of benzene rings is 2. The van der Waals surface area contributed by atoms with E-state index in [4.69, 9.17) is 0 Å². The molecule has 0 atom stereocenters. The number of Topliss-reactive ketones (excluding diaryl/α,β-unsaturated/α-hetero) is 1. The first kappa shape index (κ1) is 15.5. The maximum atomic E-state index is 12.5. The second-order valence-electron chi connectivity index (χ2n) is 6.10. The van der Waals surface area contributed by atoms with Gasteiger partial charge in [0.05, 0.1) is 0 Å². The molecule has 0 unspecified atom stereocenters. The molecular formula is C21H23NO. The van der Waals surface area contributed by atoms with Crippen molar-refractivity contribution in [3.05, 3.63) is 70.3 Å². The Hall–Kier alpha value is -2.35. The lowest BCUT2D eigenvalue weighted by molar-refractivity contribution is 0.104. The molecule has 2 nitrogen and oxygen atoms in total. The van der Waals surface area contributed by atoms with Crippen LogP contribution >= 0.6 is 0 Å². The fourth-order valence-electron chi connectivity index (χ4n) is 3.20. The Balaban J connectivity index is 1.84. The largest absolute Gasteiger partial charge is 0.372 e. The molecule has 0 radical (unpaired) electrons. The molecule has 0 aromatic heterocycles. The van der Waals surface area contributed by atoms with E-state index in [-0.39, 0.29) is 5.78 Å². The van der Waals surface area contributed by atoms with Gasteiger partial charge in [-0.3, -0.25) is 4.79 Å². The number of carbonyl (C=O) groups is 1. The zero-order chi connectivity index (χ0) is 16.4. The standard InChI is InChI=1S/C21H23NO/c1-4-22(5-2)19-10-7-16(8-11-19)13-18-14-17-9-6-15(3)12-20(17)21(18)23/h6-13H,4-5,14H2,1-3H3/b18-13-. The van der Waals surface area contributed by atoms with Gasteiger partial charge in [-0.15, -0.1) is 0 Å². The van der Waals surface area contributed by atoms with Gasteiger partial charge in [0.15, 0.2) is 5.78 Å². The number of allylic oxidation sites excluding steroid dienone is 1. The molecule has 0 amide bonds. The zero-order valence-corrected chi connectivity index (χ0v) is 14.1. The monoisotopic (exact) mass is 305 g/mol. The maximum absolute atomic E-state index is 12.5. The molecule has 0 heterocycles. The summed E-state index contributed by atoms with van der Waals surface area (Å²) in [7, 11) is 0. The zero-order valence-electron chi connectivity index (χ0n) is 14.1. The van der Waals surface area contributed by atoms with Gasteiger partial charge in [0, 0.05) is 36.3 Å². The van der Waals surface area contributed by atoms with E-state index < -0.39 is 0 Å². The highest BCUT2D eigenvalue weighted by Gasteiger charge is 2.24. The molecule has 2 heteroatoms. The van der Waals surface area contributed by atoms with Gasteiger partial charge in [-0.2, -0.15) is 0 Å². The van der Waals surface area contributed by atoms with Crippen LogP contribution in [0.25, 0.3) is 6.08 Å². The van der Waals surface area contributed by atoms with Gasteiger partial charge in [0.25, 0.3) is 0 Å². The van der Waals surface area contributed by atoms with Crippen LogP contribution in [0.3, 0.4) is 0 Å². The van der Waals surface area contributed by atoms with Crippen LogP contribution in [0, 0.1) is 6.92 Å². The molecule has 3 rings (SSSR count). The minimum absolute atomic E-state index is 0.177. The van der Waals surface area contributed by atoms with Crippen LogP contribution in [-0.2, 0) is 6.42 Å². The summed E-state index contributed by atoms with van der Waals surface area (Å²) in [5.41, 5.74) is 6.37. The Labute approximate surface area is 138 Å². The number of hydrogen-bond donors (Lipinski definition) is 0. The van der Waals surface area contributed by atoms with Crippen molar-refractivity contribution >= 4 is 17.5 Å². The third-order valence-electron chi connectivity index (χ3n) is 4.55. The first-order valence-electron chi connectivity index (χ1n) is 8.32. The molecule has 0 N–H and O–H groups in total. The van der Waals surface area contributed by atoms with Crippen LogP contribution in [0.5, 0.6) is 0 Å². The van der Waals surface area contributed by atoms with Gasteiger partial charge in [-0.1, -0.05) is 29.8 Å². The first-order valence-corrected chi connectivity index (χ1v) is 8.32. The molecule has 2 aromatic rings. The van der Waals surface area contributed by atoms with Crippen molar-refractivity contribution in [3.63, 3.8) is 0 Å². The number of anilines is 1. The number of fused-ring (bicyclic) bond motifs is 1. The third kappa shape index (κ3) is 3.07. The molecule has 0 aliphatic heterocycles. The van der Waals surface area contributed by atoms with Gasteiger partial charge < -0.3 is 4.90 Å².